The average molecular weight is 274 g/mol. The minimum absolute atomic E-state index is 0.0858. The molecule has 1 unspecified atom stereocenters. The van der Waals surface area contributed by atoms with Crippen LogP contribution in [-0.4, -0.2) is 10.8 Å². The Morgan fingerprint density at radius 3 is 2.74 bits per heavy atom. The van der Waals surface area contributed by atoms with Gasteiger partial charge in [-0.1, -0.05) is 37.3 Å². The van der Waals surface area contributed by atoms with Crippen LogP contribution in [0.25, 0.3) is 0 Å². The fourth-order valence-corrected chi connectivity index (χ4v) is 2.22. The second-order valence-corrected chi connectivity index (χ2v) is 4.95. The molecule has 1 atom stereocenters. The molecule has 0 amide bonds. The van der Waals surface area contributed by atoms with Gasteiger partial charge in [0.1, 0.15) is 0 Å². The molecule has 1 heterocycles. The van der Waals surface area contributed by atoms with Gasteiger partial charge in [-0.25, -0.2) is 0 Å². The van der Waals surface area contributed by atoms with E-state index in [0.29, 0.717) is 12.0 Å². The molecular weight excluding hydrogens is 258 g/mol. The van der Waals surface area contributed by atoms with Crippen molar-refractivity contribution in [2.45, 2.75) is 25.1 Å². The molecule has 0 radical (unpaired) electrons. The van der Waals surface area contributed by atoms with Crippen molar-refractivity contribution >= 4 is 17.4 Å². The highest BCUT2D eigenvalue weighted by Gasteiger charge is 2.16. The van der Waals surface area contributed by atoms with E-state index >= 15 is 0 Å². The Balaban J connectivity index is 2.24. The molecule has 2 aromatic rings. The molecule has 0 aliphatic carbocycles. The van der Waals surface area contributed by atoms with E-state index in [4.69, 9.17) is 11.6 Å². The Kier molecular flexibility index (Phi) is 4.69. The summed E-state index contributed by atoms with van der Waals surface area (Å²) in [7, 11) is 0. The number of hydrogen-bond acceptors (Lipinski definition) is 2. The fraction of sp³-hybridized carbons (Fsp3) is 0.250. The minimum Gasteiger partial charge on any atom is -0.294 e. The van der Waals surface area contributed by atoms with Crippen LogP contribution >= 0.6 is 11.6 Å². The van der Waals surface area contributed by atoms with Gasteiger partial charge < -0.3 is 0 Å². The maximum Gasteiger partial charge on any atom is 0.167 e. The molecule has 2 nitrogen and oxygen atoms in total. The van der Waals surface area contributed by atoms with Crippen LogP contribution in [0.4, 0.5) is 0 Å². The van der Waals surface area contributed by atoms with Crippen LogP contribution in [0, 0.1) is 0 Å². The van der Waals surface area contributed by atoms with Crippen LogP contribution in [0.5, 0.6) is 0 Å². The number of ketones is 1. The topological polar surface area (TPSA) is 30.0 Å². The van der Waals surface area contributed by atoms with Crippen LogP contribution in [0.15, 0.2) is 48.8 Å². The normalized spacial score (nSPS) is 12.1. The molecule has 1 aromatic heterocycles. The highest BCUT2D eigenvalue weighted by molar-refractivity contribution is 6.21. The monoisotopic (exact) mass is 273 g/mol. The van der Waals surface area contributed by atoms with E-state index in [2.05, 4.69) is 4.98 Å². The van der Waals surface area contributed by atoms with Gasteiger partial charge >= 0.3 is 0 Å². The van der Waals surface area contributed by atoms with Gasteiger partial charge in [0.05, 0.1) is 5.38 Å². The van der Waals surface area contributed by atoms with E-state index in [1.165, 1.54) is 0 Å². The lowest BCUT2D eigenvalue weighted by Crippen LogP contribution is -2.08. The van der Waals surface area contributed by atoms with Crippen molar-refractivity contribution in [2.75, 3.05) is 0 Å². The third-order valence-corrected chi connectivity index (χ3v) is 3.59. The molecule has 0 spiro atoms. The number of Topliss-reactive ketones (excluding diaryl/α,β-unsaturated/α-hetero) is 1. The summed E-state index contributed by atoms with van der Waals surface area (Å²) in [5, 5.41) is -0.117. The Bertz CT molecular complexity index is 554. The molecule has 2 rings (SSSR count). The Morgan fingerprint density at radius 2 is 2.05 bits per heavy atom. The first kappa shape index (κ1) is 13.8. The molecule has 3 heteroatoms. The third-order valence-electron chi connectivity index (χ3n) is 3.04. The number of nitrogens with zero attached hydrogens (tertiary/aromatic N) is 1. The summed E-state index contributed by atoms with van der Waals surface area (Å²) in [6.45, 7) is 2.01. The summed E-state index contributed by atoms with van der Waals surface area (Å²) < 4.78 is 0. The number of benzene rings is 1. The highest BCUT2D eigenvalue weighted by Crippen LogP contribution is 2.27. The largest absolute Gasteiger partial charge is 0.294 e. The molecular formula is C16H16ClNO. The van der Waals surface area contributed by atoms with Crippen LogP contribution in [0.1, 0.15) is 40.2 Å². The predicted octanol–water partition coefficient (Wildman–Crippen LogP) is 4.20. The number of carbonyl (C=O) groups excluding carboxylic acids is 1. The maximum absolute atomic E-state index is 12.4. The van der Waals surface area contributed by atoms with Crippen LogP contribution < -0.4 is 0 Å². The Morgan fingerprint density at radius 1 is 1.26 bits per heavy atom. The molecule has 0 aliphatic rings. The van der Waals surface area contributed by atoms with Crippen molar-refractivity contribution in [1.82, 2.24) is 4.98 Å². The second-order valence-electron chi connectivity index (χ2n) is 4.42. The lowest BCUT2D eigenvalue weighted by Gasteiger charge is -2.12. The summed E-state index contributed by atoms with van der Waals surface area (Å²) in [6.07, 6.45) is 4.59. The zero-order chi connectivity index (χ0) is 13.7. The van der Waals surface area contributed by atoms with Crippen LogP contribution in [-0.2, 0) is 6.42 Å². The standard InChI is InChI=1S/C16H16ClNO/c1-2-15(17)13-7-3-4-8-14(13)16(19)10-12-6-5-9-18-11-12/h3-9,11,15H,2,10H2,1H3. The fourth-order valence-electron chi connectivity index (χ4n) is 2.03. The van der Waals surface area contributed by atoms with Crippen molar-refractivity contribution < 1.29 is 4.79 Å². The quantitative estimate of drug-likeness (QED) is 0.604. The SMILES string of the molecule is CCC(Cl)c1ccccc1C(=O)Cc1cccnc1. The van der Waals surface area contributed by atoms with Gasteiger partial charge in [-0.3, -0.25) is 9.78 Å². The van der Waals surface area contributed by atoms with E-state index in [-0.39, 0.29) is 11.2 Å². The minimum atomic E-state index is -0.117. The highest BCUT2D eigenvalue weighted by atomic mass is 35.5. The lowest BCUT2D eigenvalue weighted by atomic mass is 9.96. The zero-order valence-electron chi connectivity index (χ0n) is 10.8. The molecule has 19 heavy (non-hydrogen) atoms. The summed E-state index contributed by atoms with van der Waals surface area (Å²) in [4.78, 5) is 16.4. The van der Waals surface area contributed by atoms with Gasteiger partial charge in [-0.05, 0) is 23.6 Å². The first-order chi connectivity index (χ1) is 9.22. The summed E-state index contributed by atoms with van der Waals surface area (Å²) in [5.74, 6) is 0.0858. The van der Waals surface area contributed by atoms with Crippen molar-refractivity contribution in [3.63, 3.8) is 0 Å². The van der Waals surface area contributed by atoms with Crippen LogP contribution in [0.3, 0.4) is 0 Å². The van der Waals surface area contributed by atoms with Crippen molar-refractivity contribution in [3.05, 3.63) is 65.5 Å². The number of aromatic nitrogens is 1. The molecule has 0 saturated heterocycles. The van der Waals surface area contributed by atoms with Gasteiger partial charge in [0.25, 0.3) is 0 Å². The molecule has 0 bridgehead atoms. The first-order valence-corrected chi connectivity index (χ1v) is 6.81. The molecule has 0 aliphatic heterocycles. The van der Waals surface area contributed by atoms with Crippen LogP contribution in [0.2, 0.25) is 0 Å². The number of pyridine rings is 1. The first-order valence-electron chi connectivity index (χ1n) is 6.37. The van der Waals surface area contributed by atoms with Crippen molar-refractivity contribution in [3.8, 4) is 0 Å². The van der Waals surface area contributed by atoms with E-state index in [1.807, 2.05) is 43.3 Å². The smallest absolute Gasteiger partial charge is 0.167 e. The Labute approximate surface area is 118 Å². The zero-order valence-corrected chi connectivity index (χ0v) is 11.6. The average Bonchev–Trinajstić information content (AvgIpc) is 2.47. The number of hydrogen-bond donors (Lipinski definition) is 0. The van der Waals surface area contributed by atoms with E-state index in [1.54, 1.807) is 12.4 Å². The molecule has 98 valence electrons. The number of rotatable bonds is 5. The van der Waals surface area contributed by atoms with E-state index in [0.717, 1.165) is 17.5 Å². The molecule has 0 fully saturated rings. The van der Waals surface area contributed by atoms with Gasteiger partial charge in [0.2, 0.25) is 0 Å². The van der Waals surface area contributed by atoms with Gasteiger partial charge in [-0.15, -0.1) is 11.6 Å². The summed E-state index contributed by atoms with van der Waals surface area (Å²) in [6, 6.07) is 11.3. The molecule has 0 N–H and O–H groups in total. The molecule has 0 saturated carbocycles. The maximum atomic E-state index is 12.4. The Hall–Kier alpha value is -1.67. The van der Waals surface area contributed by atoms with Gasteiger partial charge in [0.15, 0.2) is 5.78 Å². The van der Waals surface area contributed by atoms with E-state index < -0.39 is 0 Å². The van der Waals surface area contributed by atoms with E-state index in [9.17, 15) is 4.79 Å². The van der Waals surface area contributed by atoms with Crippen molar-refractivity contribution in [1.29, 1.82) is 0 Å². The number of halogens is 1. The van der Waals surface area contributed by atoms with Gasteiger partial charge in [-0.2, -0.15) is 0 Å². The predicted molar refractivity (Wildman–Crippen MR) is 77.6 cm³/mol. The lowest BCUT2D eigenvalue weighted by molar-refractivity contribution is 0.0992. The summed E-state index contributed by atoms with van der Waals surface area (Å²) >= 11 is 6.28. The second kappa shape index (κ2) is 6.48. The van der Waals surface area contributed by atoms with Crippen molar-refractivity contribution in [2.24, 2.45) is 0 Å². The number of alkyl halides is 1. The summed E-state index contributed by atoms with van der Waals surface area (Å²) in [5.41, 5.74) is 2.55. The van der Waals surface area contributed by atoms with Gasteiger partial charge in [0, 0.05) is 24.4 Å². The number of carbonyl (C=O) groups is 1. The third kappa shape index (κ3) is 3.42. The molecule has 1 aromatic carbocycles.